The molecule has 0 aliphatic heterocycles. The molecule has 1 aromatic carbocycles. The van der Waals surface area contributed by atoms with Crippen molar-refractivity contribution in [2.45, 2.75) is 20.3 Å². The molecule has 0 saturated carbocycles. The van der Waals surface area contributed by atoms with Crippen molar-refractivity contribution in [2.75, 3.05) is 13.7 Å². The highest BCUT2D eigenvalue weighted by molar-refractivity contribution is 5.28. The van der Waals surface area contributed by atoms with E-state index < -0.39 is 0 Å². The van der Waals surface area contributed by atoms with Gasteiger partial charge in [-0.15, -0.1) is 0 Å². The molecule has 0 aliphatic carbocycles. The van der Waals surface area contributed by atoms with Crippen LogP contribution < -0.4 is 10.5 Å². The van der Waals surface area contributed by atoms with Crippen LogP contribution in [0, 0.1) is 11.8 Å². The Balaban J connectivity index is 2.70. The predicted octanol–water partition coefficient (Wildman–Crippen LogP) is 2.47. The summed E-state index contributed by atoms with van der Waals surface area (Å²) in [5.41, 5.74) is 7.07. The fraction of sp³-hybridized carbons (Fsp3) is 0.538. The van der Waals surface area contributed by atoms with Gasteiger partial charge in [0.05, 0.1) is 7.11 Å². The lowest BCUT2D eigenvalue weighted by molar-refractivity contribution is 0.389. The summed E-state index contributed by atoms with van der Waals surface area (Å²) >= 11 is 0. The number of hydrogen-bond acceptors (Lipinski definition) is 2. The Morgan fingerprint density at radius 3 is 2.60 bits per heavy atom. The van der Waals surface area contributed by atoms with Crippen molar-refractivity contribution in [2.24, 2.45) is 17.6 Å². The van der Waals surface area contributed by atoms with Crippen LogP contribution in [0.2, 0.25) is 0 Å². The molecule has 2 heteroatoms. The van der Waals surface area contributed by atoms with Crippen molar-refractivity contribution >= 4 is 0 Å². The second-order valence-electron chi connectivity index (χ2n) is 4.30. The number of benzene rings is 1. The largest absolute Gasteiger partial charge is 0.497 e. The van der Waals surface area contributed by atoms with E-state index >= 15 is 0 Å². The molecule has 2 N–H and O–H groups in total. The first kappa shape index (κ1) is 12.1. The zero-order chi connectivity index (χ0) is 11.3. The minimum atomic E-state index is 0.553. The highest BCUT2D eigenvalue weighted by Gasteiger charge is 2.12. The number of nitrogens with two attached hydrogens (primary N) is 1. The van der Waals surface area contributed by atoms with Crippen LogP contribution in [-0.4, -0.2) is 13.7 Å². The molecule has 0 saturated heterocycles. The molecule has 0 heterocycles. The van der Waals surface area contributed by atoms with Gasteiger partial charge in [-0.3, -0.25) is 0 Å². The van der Waals surface area contributed by atoms with E-state index in [2.05, 4.69) is 26.0 Å². The van der Waals surface area contributed by atoms with Gasteiger partial charge in [-0.25, -0.2) is 0 Å². The highest BCUT2D eigenvalue weighted by atomic mass is 16.5. The third-order valence-electron chi connectivity index (χ3n) is 2.88. The first-order valence-corrected chi connectivity index (χ1v) is 5.50. The molecule has 0 aromatic heterocycles. The highest BCUT2D eigenvalue weighted by Crippen LogP contribution is 2.19. The van der Waals surface area contributed by atoms with Crippen molar-refractivity contribution in [3.05, 3.63) is 29.8 Å². The van der Waals surface area contributed by atoms with Gasteiger partial charge in [-0.1, -0.05) is 26.0 Å². The van der Waals surface area contributed by atoms with E-state index in [4.69, 9.17) is 10.5 Å². The van der Waals surface area contributed by atoms with Crippen LogP contribution in [0.1, 0.15) is 19.4 Å². The summed E-state index contributed by atoms with van der Waals surface area (Å²) < 4.78 is 5.20. The molecular formula is C13H21NO. The molecule has 1 rings (SSSR count). The number of ether oxygens (including phenoxy) is 1. The van der Waals surface area contributed by atoms with E-state index in [0.717, 1.165) is 18.7 Å². The van der Waals surface area contributed by atoms with Gasteiger partial charge < -0.3 is 10.5 Å². The standard InChI is InChI=1S/C13H21NO/c1-10(2)12(9-14)7-11-5-4-6-13(8-11)15-3/h4-6,8,10,12H,7,9,14H2,1-3H3. The van der Waals surface area contributed by atoms with E-state index in [1.54, 1.807) is 7.11 Å². The third-order valence-corrected chi connectivity index (χ3v) is 2.88. The first-order valence-electron chi connectivity index (χ1n) is 5.50. The van der Waals surface area contributed by atoms with Gasteiger partial charge in [0.2, 0.25) is 0 Å². The lowest BCUT2D eigenvalue weighted by Crippen LogP contribution is -2.22. The molecule has 1 unspecified atom stereocenters. The van der Waals surface area contributed by atoms with Gasteiger partial charge in [0, 0.05) is 0 Å². The second kappa shape index (κ2) is 5.76. The fourth-order valence-corrected chi connectivity index (χ4v) is 1.69. The summed E-state index contributed by atoms with van der Waals surface area (Å²) in [6, 6.07) is 8.22. The zero-order valence-corrected chi connectivity index (χ0v) is 9.86. The average molecular weight is 207 g/mol. The van der Waals surface area contributed by atoms with E-state index in [0.29, 0.717) is 11.8 Å². The Labute approximate surface area is 92.4 Å². The summed E-state index contributed by atoms with van der Waals surface area (Å²) in [5.74, 6) is 2.10. The second-order valence-corrected chi connectivity index (χ2v) is 4.30. The molecule has 0 radical (unpaired) electrons. The van der Waals surface area contributed by atoms with E-state index in [9.17, 15) is 0 Å². The molecule has 0 aliphatic rings. The van der Waals surface area contributed by atoms with Gasteiger partial charge in [0.25, 0.3) is 0 Å². The van der Waals surface area contributed by atoms with Crippen molar-refractivity contribution in [3.63, 3.8) is 0 Å². The van der Waals surface area contributed by atoms with Crippen LogP contribution in [0.3, 0.4) is 0 Å². The predicted molar refractivity (Wildman–Crippen MR) is 64.1 cm³/mol. The quantitative estimate of drug-likeness (QED) is 0.805. The topological polar surface area (TPSA) is 35.2 Å². The Hall–Kier alpha value is -1.02. The molecule has 1 atom stereocenters. The maximum atomic E-state index is 5.76. The molecule has 2 nitrogen and oxygen atoms in total. The molecule has 0 fully saturated rings. The molecular weight excluding hydrogens is 186 g/mol. The molecule has 0 amide bonds. The lowest BCUT2D eigenvalue weighted by atomic mass is 9.89. The van der Waals surface area contributed by atoms with Crippen LogP contribution in [0.15, 0.2) is 24.3 Å². The monoisotopic (exact) mass is 207 g/mol. The Kier molecular flexibility index (Phi) is 4.63. The van der Waals surface area contributed by atoms with Crippen LogP contribution in [-0.2, 0) is 6.42 Å². The fourth-order valence-electron chi connectivity index (χ4n) is 1.69. The van der Waals surface area contributed by atoms with Crippen molar-refractivity contribution in [1.82, 2.24) is 0 Å². The Morgan fingerprint density at radius 2 is 2.07 bits per heavy atom. The normalized spacial score (nSPS) is 12.9. The van der Waals surface area contributed by atoms with Crippen LogP contribution in [0.5, 0.6) is 5.75 Å². The van der Waals surface area contributed by atoms with E-state index in [1.807, 2.05) is 12.1 Å². The van der Waals surface area contributed by atoms with E-state index in [-0.39, 0.29) is 0 Å². The van der Waals surface area contributed by atoms with Gasteiger partial charge >= 0.3 is 0 Å². The molecule has 84 valence electrons. The number of methoxy groups -OCH3 is 1. The average Bonchev–Trinajstić information content (AvgIpc) is 2.25. The lowest BCUT2D eigenvalue weighted by Gasteiger charge is -2.18. The van der Waals surface area contributed by atoms with Gasteiger partial charge in [0.15, 0.2) is 0 Å². The minimum absolute atomic E-state index is 0.553. The van der Waals surface area contributed by atoms with Crippen molar-refractivity contribution in [1.29, 1.82) is 0 Å². The van der Waals surface area contributed by atoms with Gasteiger partial charge in [-0.05, 0) is 42.5 Å². The maximum Gasteiger partial charge on any atom is 0.119 e. The minimum Gasteiger partial charge on any atom is -0.497 e. The first-order chi connectivity index (χ1) is 7.17. The summed E-state index contributed by atoms with van der Waals surface area (Å²) in [6.45, 7) is 5.18. The van der Waals surface area contributed by atoms with Gasteiger partial charge in [-0.2, -0.15) is 0 Å². The third kappa shape index (κ3) is 3.56. The smallest absolute Gasteiger partial charge is 0.119 e. The van der Waals surface area contributed by atoms with Crippen LogP contribution in [0.4, 0.5) is 0 Å². The summed E-state index contributed by atoms with van der Waals surface area (Å²) in [6.07, 6.45) is 1.03. The van der Waals surface area contributed by atoms with Crippen LogP contribution in [0.25, 0.3) is 0 Å². The Morgan fingerprint density at radius 1 is 1.33 bits per heavy atom. The summed E-state index contributed by atoms with van der Waals surface area (Å²) in [7, 11) is 1.70. The number of hydrogen-bond donors (Lipinski definition) is 1. The molecule has 0 spiro atoms. The summed E-state index contributed by atoms with van der Waals surface area (Å²) in [4.78, 5) is 0. The maximum absolute atomic E-state index is 5.76. The van der Waals surface area contributed by atoms with E-state index in [1.165, 1.54) is 5.56 Å². The summed E-state index contributed by atoms with van der Waals surface area (Å²) in [5, 5.41) is 0. The molecule has 15 heavy (non-hydrogen) atoms. The Bertz CT molecular complexity index is 296. The SMILES string of the molecule is COc1cccc(CC(CN)C(C)C)c1. The zero-order valence-electron chi connectivity index (χ0n) is 9.86. The van der Waals surface area contributed by atoms with Crippen molar-refractivity contribution in [3.8, 4) is 5.75 Å². The van der Waals surface area contributed by atoms with Crippen LogP contribution >= 0.6 is 0 Å². The number of rotatable bonds is 5. The molecule has 0 bridgehead atoms. The molecule has 1 aromatic rings. The van der Waals surface area contributed by atoms with Crippen molar-refractivity contribution < 1.29 is 4.74 Å². The van der Waals surface area contributed by atoms with Gasteiger partial charge in [0.1, 0.15) is 5.75 Å².